The molecule has 164 valence electrons. The number of para-hydroxylation sites is 1. The maximum absolute atomic E-state index is 12.7. The summed E-state index contributed by atoms with van der Waals surface area (Å²) < 4.78 is 0. The number of nitrogens with one attached hydrogen (secondary N) is 2. The number of thiophene rings is 1. The van der Waals surface area contributed by atoms with Crippen LogP contribution in [0.1, 0.15) is 35.0 Å². The second-order valence-electron chi connectivity index (χ2n) is 7.73. The van der Waals surface area contributed by atoms with Gasteiger partial charge in [0.2, 0.25) is 11.8 Å². The Morgan fingerprint density at radius 3 is 2.31 bits per heavy atom. The Morgan fingerprint density at radius 2 is 1.66 bits per heavy atom. The van der Waals surface area contributed by atoms with Crippen molar-refractivity contribution in [3.63, 3.8) is 0 Å². The fourth-order valence-corrected chi connectivity index (χ4v) is 4.18. The van der Waals surface area contributed by atoms with Crippen molar-refractivity contribution in [3.05, 3.63) is 77.2 Å². The minimum Gasteiger partial charge on any atom is -0.321 e. The Hall–Kier alpha value is -3.45. The molecule has 0 spiro atoms. The second-order valence-corrected chi connectivity index (χ2v) is 8.81. The summed E-state index contributed by atoms with van der Waals surface area (Å²) in [6, 6.07) is 20.4. The third-order valence-corrected chi connectivity index (χ3v) is 6.28. The zero-order chi connectivity index (χ0) is 22.5. The predicted molar refractivity (Wildman–Crippen MR) is 128 cm³/mol. The number of benzene rings is 2. The first-order valence-electron chi connectivity index (χ1n) is 10.7. The van der Waals surface area contributed by atoms with Gasteiger partial charge in [0.15, 0.2) is 0 Å². The molecule has 3 amide bonds. The Morgan fingerprint density at radius 1 is 0.938 bits per heavy atom. The highest BCUT2D eigenvalue weighted by molar-refractivity contribution is 7.18. The summed E-state index contributed by atoms with van der Waals surface area (Å²) in [6.07, 6.45) is 2.16. The molecule has 1 saturated carbocycles. The van der Waals surface area contributed by atoms with Gasteiger partial charge in [0.1, 0.15) is 0 Å². The maximum Gasteiger partial charge on any atom is 0.265 e. The molecule has 1 heterocycles. The lowest BCUT2D eigenvalue weighted by Crippen LogP contribution is -2.31. The fraction of sp³-hybridized carbons (Fsp3) is 0.240. The van der Waals surface area contributed by atoms with E-state index >= 15 is 0 Å². The van der Waals surface area contributed by atoms with Crippen molar-refractivity contribution in [2.45, 2.75) is 26.2 Å². The van der Waals surface area contributed by atoms with E-state index in [0.717, 1.165) is 24.1 Å². The molecule has 1 aromatic heterocycles. The van der Waals surface area contributed by atoms with Gasteiger partial charge in [-0.25, -0.2) is 0 Å². The first kappa shape index (κ1) is 21.8. The zero-order valence-corrected chi connectivity index (χ0v) is 18.7. The quantitative estimate of drug-likeness (QED) is 0.513. The molecule has 0 atom stereocenters. The van der Waals surface area contributed by atoms with Gasteiger partial charge >= 0.3 is 0 Å². The molecule has 0 aliphatic heterocycles. The molecule has 6 nitrogen and oxygen atoms in total. The van der Waals surface area contributed by atoms with Crippen LogP contribution < -0.4 is 15.5 Å². The molecule has 1 aliphatic carbocycles. The summed E-state index contributed by atoms with van der Waals surface area (Å²) in [7, 11) is 0. The van der Waals surface area contributed by atoms with Crippen LogP contribution in [0.4, 0.5) is 16.4 Å². The number of carbonyl (C=O) groups excluding carboxylic acids is 3. The lowest BCUT2D eigenvalue weighted by molar-refractivity contribution is -0.118. The van der Waals surface area contributed by atoms with E-state index < -0.39 is 0 Å². The molecule has 0 bridgehead atoms. The Labute approximate surface area is 191 Å². The molecular weight excluding hydrogens is 422 g/mol. The highest BCUT2D eigenvalue weighted by Crippen LogP contribution is 2.31. The fourth-order valence-electron chi connectivity index (χ4n) is 3.38. The number of anilines is 3. The third kappa shape index (κ3) is 5.42. The van der Waals surface area contributed by atoms with Crippen molar-refractivity contribution in [3.8, 4) is 0 Å². The van der Waals surface area contributed by atoms with Gasteiger partial charge in [-0.1, -0.05) is 30.3 Å². The Kier molecular flexibility index (Phi) is 6.66. The van der Waals surface area contributed by atoms with E-state index in [1.54, 1.807) is 29.2 Å². The van der Waals surface area contributed by atoms with Gasteiger partial charge in [0, 0.05) is 23.8 Å². The van der Waals surface area contributed by atoms with Gasteiger partial charge < -0.3 is 15.5 Å². The predicted octanol–water partition coefficient (Wildman–Crippen LogP) is 4.94. The highest BCUT2D eigenvalue weighted by atomic mass is 32.1. The van der Waals surface area contributed by atoms with Crippen molar-refractivity contribution in [2.24, 2.45) is 5.92 Å². The van der Waals surface area contributed by atoms with E-state index in [0.29, 0.717) is 22.1 Å². The van der Waals surface area contributed by atoms with E-state index in [1.165, 1.54) is 11.3 Å². The van der Waals surface area contributed by atoms with Crippen LogP contribution in [0.2, 0.25) is 0 Å². The number of rotatable bonds is 8. The average molecular weight is 448 g/mol. The number of likely N-dealkylation sites (N-methyl/N-ethyl adjacent to an activating group) is 1. The van der Waals surface area contributed by atoms with Crippen LogP contribution in [0.3, 0.4) is 0 Å². The molecular formula is C25H25N3O3S. The molecule has 4 rings (SSSR count). The number of amides is 3. The monoisotopic (exact) mass is 447 g/mol. The number of carbonyl (C=O) groups is 3. The third-order valence-electron chi connectivity index (χ3n) is 5.28. The summed E-state index contributed by atoms with van der Waals surface area (Å²) in [5, 5.41) is 6.40. The van der Waals surface area contributed by atoms with E-state index in [1.807, 2.05) is 49.4 Å². The normalized spacial score (nSPS) is 12.8. The standard InChI is InChI=1S/C25H25N3O3S/c1-2-28(20-6-4-3-5-7-20)23(29)16-17-8-12-19(13-9-17)26-25(31)21-14-15-22(32-21)27-24(30)18-10-11-18/h3-9,12-15,18H,2,10-11,16H2,1H3,(H,26,31)(H,27,30). The van der Waals surface area contributed by atoms with Crippen LogP contribution >= 0.6 is 11.3 Å². The second kappa shape index (κ2) is 9.78. The van der Waals surface area contributed by atoms with Crippen molar-refractivity contribution >= 4 is 45.4 Å². The minimum absolute atomic E-state index is 0.0230. The average Bonchev–Trinajstić information content (AvgIpc) is 3.55. The molecule has 3 aromatic rings. The van der Waals surface area contributed by atoms with Crippen molar-refractivity contribution in [1.82, 2.24) is 0 Å². The molecule has 0 unspecified atom stereocenters. The van der Waals surface area contributed by atoms with Crippen LogP contribution in [0.5, 0.6) is 0 Å². The van der Waals surface area contributed by atoms with Crippen LogP contribution in [0.15, 0.2) is 66.7 Å². The van der Waals surface area contributed by atoms with Gasteiger partial charge in [0.25, 0.3) is 5.91 Å². The molecule has 32 heavy (non-hydrogen) atoms. The van der Waals surface area contributed by atoms with Gasteiger partial charge in [-0.2, -0.15) is 0 Å². The smallest absolute Gasteiger partial charge is 0.265 e. The SMILES string of the molecule is CCN(C(=O)Cc1ccc(NC(=O)c2ccc(NC(=O)C3CC3)s2)cc1)c1ccccc1. The topological polar surface area (TPSA) is 78.5 Å². The lowest BCUT2D eigenvalue weighted by Gasteiger charge is -2.21. The molecule has 7 heteroatoms. The highest BCUT2D eigenvalue weighted by Gasteiger charge is 2.29. The number of hydrogen-bond donors (Lipinski definition) is 2. The summed E-state index contributed by atoms with van der Waals surface area (Å²) in [6.45, 7) is 2.55. The summed E-state index contributed by atoms with van der Waals surface area (Å²) in [5.41, 5.74) is 2.41. The largest absolute Gasteiger partial charge is 0.321 e. The zero-order valence-electron chi connectivity index (χ0n) is 17.8. The van der Waals surface area contributed by atoms with Gasteiger partial charge in [-0.15, -0.1) is 11.3 Å². The summed E-state index contributed by atoms with van der Waals surface area (Å²) in [5.74, 6) is -0.0588. The van der Waals surface area contributed by atoms with Crippen LogP contribution in [-0.4, -0.2) is 24.3 Å². The van der Waals surface area contributed by atoms with E-state index in [9.17, 15) is 14.4 Å². The summed E-state index contributed by atoms with van der Waals surface area (Å²) in [4.78, 5) is 39.4. The molecule has 0 radical (unpaired) electrons. The molecule has 1 aliphatic rings. The van der Waals surface area contributed by atoms with Crippen molar-refractivity contribution in [2.75, 3.05) is 22.1 Å². The van der Waals surface area contributed by atoms with Crippen LogP contribution in [0.25, 0.3) is 0 Å². The number of nitrogens with zero attached hydrogens (tertiary/aromatic N) is 1. The van der Waals surface area contributed by atoms with E-state index in [4.69, 9.17) is 0 Å². The van der Waals surface area contributed by atoms with Crippen molar-refractivity contribution < 1.29 is 14.4 Å². The maximum atomic E-state index is 12.7. The van der Waals surface area contributed by atoms with Gasteiger partial charge in [0.05, 0.1) is 16.3 Å². The molecule has 2 aromatic carbocycles. The first-order chi connectivity index (χ1) is 15.5. The first-order valence-corrected chi connectivity index (χ1v) is 11.5. The van der Waals surface area contributed by atoms with E-state index in [2.05, 4.69) is 10.6 Å². The summed E-state index contributed by atoms with van der Waals surface area (Å²) >= 11 is 1.25. The van der Waals surface area contributed by atoms with E-state index in [-0.39, 0.29) is 30.1 Å². The van der Waals surface area contributed by atoms with Crippen LogP contribution in [0, 0.1) is 5.92 Å². The molecule has 2 N–H and O–H groups in total. The van der Waals surface area contributed by atoms with Crippen LogP contribution in [-0.2, 0) is 16.0 Å². The Bertz CT molecular complexity index is 1100. The molecule has 1 fully saturated rings. The minimum atomic E-state index is -0.230. The van der Waals surface area contributed by atoms with Gasteiger partial charge in [-0.3, -0.25) is 14.4 Å². The van der Waals surface area contributed by atoms with Crippen molar-refractivity contribution in [1.29, 1.82) is 0 Å². The Balaban J connectivity index is 1.33. The molecule has 0 saturated heterocycles. The van der Waals surface area contributed by atoms with Gasteiger partial charge in [-0.05, 0) is 61.7 Å². The lowest BCUT2D eigenvalue weighted by atomic mass is 10.1. The number of hydrogen-bond acceptors (Lipinski definition) is 4.